The first kappa shape index (κ1) is 16.2. The number of carbonyl (C=O) groups is 1. The van der Waals surface area contributed by atoms with Gasteiger partial charge >= 0.3 is 0 Å². The number of rotatable bonds is 3. The molecule has 21 heavy (non-hydrogen) atoms. The number of hydrogen-bond donors (Lipinski definition) is 0. The SMILES string of the molecule is CC(C)C1CCN(C(=O)c2cc(F)ccc2S(=O)(=O)Cl)C1. The van der Waals surface area contributed by atoms with Crippen LogP contribution >= 0.6 is 10.7 Å². The Hall–Kier alpha value is -1.14. The maximum absolute atomic E-state index is 13.4. The maximum atomic E-state index is 13.4. The zero-order valence-corrected chi connectivity index (χ0v) is 13.4. The molecule has 116 valence electrons. The number of hydrogen-bond acceptors (Lipinski definition) is 3. The zero-order chi connectivity index (χ0) is 15.8. The Labute approximate surface area is 128 Å². The van der Waals surface area contributed by atoms with Crippen LogP contribution in [-0.2, 0) is 9.05 Å². The molecular weight excluding hydrogens is 317 g/mol. The van der Waals surface area contributed by atoms with Gasteiger partial charge in [-0.05, 0) is 36.5 Å². The van der Waals surface area contributed by atoms with Crippen molar-refractivity contribution in [1.29, 1.82) is 0 Å². The average molecular weight is 334 g/mol. The lowest BCUT2D eigenvalue weighted by atomic mass is 9.95. The largest absolute Gasteiger partial charge is 0.338 e. The second-order valence-corrected chi connectivity index (χ2v) is 8.16. The lowest BCUT2D eigenvalue weighted by Gasteiger charge is -2.19. The van der Waals surface area contributed by atoms with E-state index in [0.29, 0.717) is 24.9 Å². The molecule has 0 aliphatic carbocycles. The van der Waals surface area contributed by atoms with Crippen molar-refractivity contribution in [1.82, 2.24) is 4.90 Å². The molecule has 1 amide bonds. The number of amides is 1. The molecule has 7 heteroatoms. The standard InChI is InChI=1S/C14H17ClFNO3S/c1-9(2)10-5-6-17(8-10)14(18)12-7-11(16)3-4-13(12)21(15,19)20/h3-4,7,9-10H,5-6,8H2,1-2H3. The van der Waals surface area contributed by atoms with Crippen molar-refractivity contribution < 1.29 is 17.6 Å². The molecule has 1 atom stereocenters. The highest BCUT2D eigenvalue weighted by atomic mass is 35.7. The molecule has 0 spiro atoms. The molecule has 4 nitrogen and oxygen atoms in total. The third-order valence-electron chi connectivity index (χ3n) is 3.89. The van der Waals surface area contributed by atoms with E-state index in [-0.39, 0.29) is 10.5 Å². The molecule has 0 bridgehead atoms. The second-order valence-electron chi connectivity index (χ2n) is 5.62. The highest BCUT2D eigenvalue weighted by molar-refractivity contribution is 8.13. The quantitative estimate of drug-likeness (QED) is 0.799. The minimum Gasteiger partial charge on any atom is -0.338 e. The topological polar surface area (TPSA) is 54.5 Å². The number of likely N-dealkylation sites (tertiary alicyclic amines) is 1. The van der Waals surface area contributed by atoms with Crippen molar-refractivity contribution in [2.24, 2.45) is 11.8 Å². The van der Waals surface area contributed by atoms with Crippen molar-refractivity contribution >= 4 is 25.6 Å². The van der Waals surface area contributed by atoms with E-state index in [9.17, 15) is 17.6 Å². The Balaban J connectivity index is 2.34. The van der Waals surface area contributed by atoms with Gasteiger partial charge in [0.05, 0.1) is 10.5 Å². The molecule has 0 aromatic heterocycles. The molecule has 1 fully saturated rings. The van der Waals surface area contributed by atoms with Gasteiger partial charge in [-0.2, -0.15) is 0 Å². The van der Waals surface area contributed by atoms with Gasteiger partial charge in [-0.3, -0.25) is 4.79 Å². The van der Waals surface area contributed by atoms with Gasteiger partial charge in [0.1, 0.15) is 5.82 Å². The molecule has 1 unspecified atom stereocenters. The van der Waals surface area contributed by atoms with Gasteiger partial charge in [0, 0.05) is 23.8 Å². The zero-order valence-electron chi connectivity index (χ0n) is 11.8. The molecule has 1 aromatic rings. The predicted octanol–water partition coefficient (Wildman–Crippen LogP) is 2.87. The third-order valence-corrected chi connectivity index (χ3v) is 5.27. The van der Waals surface area contributed by atoms with Gasteiger partial charge in [-0.1, -0.05) is 13.8 Å². The first-order chi connectivity index (χ1) is 9.70. The Kier molecular flexibility index (Phi) is 4.58. The fraction of sp³-hybridized carbons (Fsp3) is 0.500. The minimum absolute atomic E-state index is 0.200. The van der Waals surface area contributed by atoms with Crippen molar-refractivity contribution in [2.75, 3.05) is 13.1 Å². The number of halogens is 2. The summed E-state index contributed by atoms with van der Waals surface area (Å²) in [6.45, 7) is 5.25. The lowest BCUT2D eigenvalue weighted by molar-refractivity contribution is 0.0779. The Bertz CT molecular complexity index is 660. The van der Waals surface area contributed by atoms with Crippen LogP contribution in [-0.4, -0.2) is 32.3 Å². The van der Waals surface area contributed by atoms with E-state index >= 15 is 0 Å². The molecule has 1 saturated heterocycles. The summed E-state index contributed by atoms with van der Waals surface area (Å²) in [4.78, 5) is 13.7. The summed E-state index contributed by atoms with van der Waals surface area (Å²) in [5.41, 5.74) is -0.200. The molecule has 0 radical (unpaired) electrons. The van der Waals surface area contributed by atoms with Crippen LogP contribution in [0, 0.1) is 17.7 Å². The van der Waals surface area contributed by atoms with Gasteiger partial charge in [-0.25, -0.2) is 12.8 Å². The maximum Gasteiger partial charge on any atom is 0.262 e. The van der Waals surface area contributed by atoms with Crippen molar-refractivity contribution in [3.8, 4) is 0 Å². The van der Waals surface area contributed by atoms with Gasteiger partial charge in [0.25, 0.3) is 15.0 Å². The summed E-state index contributed by atoms with van der Waals surface area (Å²) in [6.07, 6.45) is 0.863. The number of nitrogens with zero attached hydrogens (tertiary/aromatic N) is 1. The molecule has 0 N–H and O–H groups in total. The highest BCUT2D eigenvalue weighted by Crippen LogP contribution is 2.28. The van der Waals surface area contributed by atoms with E-state index in [1.807, 2.05) is 0 Å². The average Bonchev–Trinajstić information content (AvgIpc) is 2.86. The van der Waals surface area contributed by atoms with Crippen LogP contribution in [0.4, 0.5) is 4.39 Å². The Morgan fingerprint density at radius 1 is 1.43 bits per heavy atom. The fourth-order valence-electron chi connectivity index (χ4n) is 2.57. The van der Waals surface area contributed by atoms with Crippen molar-refractivity contribution in [3.63, 3.8) is 0 Å². The first-order valence-electron chi connectivity index (χ1n) is 6.73. The predicted molar refractivity (Wildman–Crippen MR) is 78.3 cm³/mol. The summed E-state index contributed by atoms with van der Waals surface area (Å²) in [6, 6.07) is 2.94. The first-order valence-corrected chi connectivity index (χ1v) is 9.04. The van der Waals surface area contributed by atoms with Crippen LogP contribution in [0.3, 0.4) is 0 Å². The van der Waals surface area contributed by atoms with Gasteiger partial charge in [-0.15, -0.1) is 0 Å². The molecule has 1 aromatic carbocycles. The summed E-state index contributed by atoms with van der Waals surface area (Å²) in [7, 11) is 1.23. The van der Waals surface area contributed by atoms with Gasteiger partial charge < -0.3 is 4.90 Å². The van der Waals surface area contributed by atoms with Crippen LogP contribution < -0.4 is 0 Å². The van der Waals surface area contributed by atoms with E-state index in [1.165, 1.54) is 0 Å². The molecule has 1 aliphatic heterocycles. The molecule has 1 aliphatic rings. The molecule has 0 saturated carbocycles. The Morgan fingerprint density at radius 3 is 2.62 bits per heavy atom. The van der Waals surface area contributed by atoms with Gasteiger partial charge in [0.2, 0.25) is 0 Å². The smallest absolute Gasteiger partial charge is 0.262 e. The third kappa shape index (κ3) is 3.55. The fourth-order valence-corrected chi connectivity index (χ4v) is 3.61. The minimum atomic E-state index is -4.10. The van der Waals surface area contributed by atoms with Crippen LogP contribution in [0.2, 0.25) is 0 Å². The van der Waals surface area contributed by atoms with Crippen LogP contribution in [0.1, 0.15) is 30.6 Å². The molecule has 2 rings (SSSR count). The van der Waals surface area contributed by atoms with E-state index in [1.54, 1.807) is 4.90 Å². The van der Waals surface area contributed by atoms with Crippen molar-refractivity contribution in [3.05, 3.63) is 29.6 Å². The van der Waals surface area contributed by atoms with Crippen LogP contribution in [0.15, 0.2) is 23.1 Å². The monoisotopic (exact) mass is 333 g/mol. The summed E-state index contributed by atoms with van der Waals surface area (Å²) in [5, 5.41) is 0. The normalized spacial score (nSPS) is 19.3. The molecular formula is C14H17ClFNO3S. The second kappa shape index (κ2) is 5.93. The summed E-state index contributed by atoms with van der Waals surface area (Å²) in [5.74, 6) is -0.344. The van der Waals surface area contributed by atoms with E-state index in [4.69, 9.17) is 10.7 Å². The summed E-state index contributed by atoms with van der Waals surface area (Å²) < 4.78 is 36.4. The lowest BCUT2D eigenvalue weighted by Crippen LogP contribution is -2.30. The number of benzene rings is 1. The molecule has 1 heterocycles. The van der Waals surface area contributed by atoms with E-state index in [0.717, 1.165) is 24.6 Å². The van der Waals surface area contributed by atoms with Crippen LogP contribution in [0.5, 0.6) is 0 Å². The van der Waals surface area contributed by atoms with Crippen LogP contribution in [0.25, 0.3) is 0 Å². The summed E-state index contributed by atoms with van der Waals surface area (Å²) >= 11 is 0. The van der Waals surface area contributed by atoms with E-state index < -0.39 is 20.8 Å². The van der Waals surface area contributed by atoms with Crippen molar-refractivity contribution in [2.45, 2.75) is 25.2 Å². The van der Waals surface area contributed by atoms with E-state index in [2.05, 4.69) is 13.8 Å². The number of carbonyl (C=O) groups excluding carboxylic acids is 1. The van der Waals surface area contributed by atoms with Gasteiger partial charge in [0.15, 0.2) is 0 Å². The Morgan fingerprint density at radius 2 is 2.10 bits per heavy atom. The highest BCUT2D eigenvalue weighted by Gasteiger charge is 2.31.